The van der Waals surface area contributed by atoms with Gasteiger partial charge in [0, 0.05) is 26.2 Å². The maximum atomic E-state index is 11.5. The molecule has 16 heavy (non-hydrogen) atoms. The van der Waals surface area contributed by atoms with Crippen LogP contribution in [0.5, 0.6) is 0 Å². The zero-order valence-electron chi connectivity index (χ0n) is 9.00. The molecule has 0 aliphatic carbocycles. The van der Waals surface area contributed by atoms with E-state index < -0.39 is 16.3 Å². The fourth-order valence-electron chi connectivity index (χ4n) is 1.45. The van der Waals surface area contributed by atoms with Crippen LogP contribution >= 0.6 is 12.4 Å². The van der Waals surface area contributed by atoms with Crippen LogP contribution in [0.25, 0.3) is 0 Å². The summed E-state index contributed by atoms with van der Waals surface area (Å²) in [6.45, 7) is 2.76. The molecule has 0 spiro atoms. The highest BCUT2D eigenvalue weighted by atomic mass is 35.5. The van der Waals surface area contributed by atoms with E-state index in [2.05, 4.69) is 0 Å². The van der Waals surface area contributed by atoms with E-state index in [1.165, 1.54) is 0 Å². The van der Waals surface area contributed by atoms with Crippen molar-refractivity contribution in [1.29, 1.82) is 0 Å². The summed E-state index contributed by atoms with van der Waals surface area (Å²) in [5.41, 5.74) is 5.44. The molecule has 0 aromatic rings. The molecule has 1 atom stereocenters. The molecule has 1 fully saturated rings. The molecule has 9 heteroatoms. The Morgan fingerprint density at radius 3 is 2.00 bits per heavy atom. The molecule has 1 saturated heterocycles. The fourth-order valence-corrected chi connectivity index (χ4v) is 2.12. The van der Waals surface area contributed by atoms with Crippen LogP contribution in [0.4, 0.5) is 0 Å². The molecule has 0 radical (unpaired) electrons. The van der Waals surface area contributed by atoms with E-state index in [1.54, 1.807) is 11.8 Å². The number of halogens is 1. The second-order valence-corrected chi connectivity index (χ2v) is 5.10. The van der Waals surface area contributed by atoms with Crippen LogP contribution in [0.3, 0.4) is 0 Å². The Labute approximate surface area is 101 Å². The van der Waals surface area contributed by atoms with Gasteiger partial charge in [0.25, 0.3) is 10.2 Å². The molecule has 1 aliphatic rings. The molecule has 0 aromatic carbocycles. The number of rotatable bonds is 2. The van der Waals surface area contributed by atoms with E-state index >= 15 is 0 Å². The van der Waals surface area contributed by atoms with Gasteiger partial charge in [-0.25, -0.2) is 5.14 Å². The van der Waals surface area contributed by atoms with Gasteiger partial charge < -0.3 is 10.6 Å². The first-order valence-electron chi connectivity index (χ1n) is 4.64. The van der Waals surface area contributed by atoms with Crippen LogP contribution in [0, 0.1) is 0 Å². The van der Waals surface area contributed by atoms with Crippen LogP contribution in [-0.4, -0.2) is 55.8 Å². The van der Waals surface area contributed by atoms with Crippen molar-refractivity contribution in [3.63, 3.8) is 0 Å². The molecule has 0 saturated carbocycles. The summed E-state index contributed by atoms with van der Waals surface area (Å²) < 4.78 is 23.1. The van der Waals surface area contributed by atoms with Crippen LogP contribution < -0.4 is 10.9 Å². The lowest BCUT2D eigenvalue weighted by Gasteiger charge is -2.33. The van der Waals surface area contributed by atoms with Crippen LogP contribution in [0.15, 0.2) is 0 Å². The minimum absolute atomic E-state index is 0. The highest BCUT2D eigenvalue weighted by molar-refractivity contribution is 7.86. The number of piperazine rings is 1. The smallest absolute Gasteiger partial charge is 0.277 e. The molecule has 7 nitrogen and oxygen atoms in total. The van der Waals surface area contributed by atoms with Crippen molar-refractivity contribution < 1.29 is 13.2 Å². The molecule has 0 bridgehead atoms. The standard InChI is InChI=1S/C7H16N4O3S.ClH/c1-6(8)7(12)10-2-4-11(5-3-10)15(9,13)14;/h6H,2-5,8H2,1H3,(H2,9,13,14);1H. The van der Waals surface area contributed by atoms with E-state index in [-0.39, 0.29) is 31.4 Å². The third-order valence-electron chi connectivity index (χ3n) is 2.30. The Kier molecular flexibility index (Phi) is 5.63. The van der Waals surface area contributed by atoms with E-state index in [0.717, 1.165) is 4.31 Å². The monoisotopic (exact) mass is 272 g/mol. The lowest BCUT2D eigenvalue weighted by molar-refractivity contribution is -0.133. The largest absolute Gasteiger partial charge is 0.339 e. The first kappa shape index (κ1) is 15.6. The minimum atomic E-state index is -3.63. The Bertz CT molecular complexity index is 338. The van der Waals surface area contributed by atoms with Crippen molar-refractivity contribution in [2.75, 3.05) is 26.2 Å². The molecule has 1 heterocycles. The average molecular weight is 273 g/mol. The Morgan fingerprint density at radius 1 is 1.25 bits per heavy atom. The number of hydrogen-bond donors (Lipinski definition) is 2. The SMILES string of the molecule is CC(N)C(=O)N1CCN(S(N)(=O)=O)CC1.Cl. The molecule has 1 rings (SSSR count). The van der Waals surface area contributed by atoms with Crippen LogP contribution in [0.1, 0.15) is 6.92 Å². The van der Waals surface area contributed by atoms with Gasteiger partial charge in [0.05, 0.1) is 6.04 Å². The van der Waals surface area contributed by atoms with Crippen LogP contribution in [-0.2, 0) is 15.0 Å². The number of nitrogens with zero attached hydrogens (tertiary/aromatic N) is 2. The summed E-state index contributed by atoms with van der Waals surface area (Å²) in [5, 5.41) is 4.96. The van der Waals surface area contributed by atoms with E-state index in [9.17, 15) is 13.2 Å². The van der Waals surface area contributed by atoms with Gasteiger partial charge in [-0.1, -0.05) is 0 Å². The number of carbonyl (C=O) groups excluding carboxylic acids is 1. The number of amides is 1. The molecule has 4 N–H and O–H groups in total. The summed E-state index contributed by atoms with van der Waals surface area (Å²) in [7, 11) is -3.63. The average Bonchev–Trinajstić information content (AvgIpc) is 2.15. The Morgan fingerprint density at radius 2 is 1.69 bits per heavy atom. The van der Waals surface area contributed by atoms with Gasteiger partial charge in [-0.3, -0.25) is 4.79 Å². The molecular weight excluding hydrogens is 256 g/mol. The second-order valence-electron chi connectivity index (χ2n) is 3.56. The fraction of sp³-hybridized carbons (Fsp3) is 0.857. The molecule has 1 unspecified atom stereocenters. The summed E-state index contributed by atoms with van der Waals surface area (Å²) in [6.07, 6.45) is 0. The summed E-state index contributed by atoms with van der Waals surface area (Å²) in [5.74, 6) is -0.163. The van der Waals surface area contributed by atoms with Gasteiger partial charge in [0.2, 0.25) is 5.91 Å². The normalized spacial score (nSPS) is 20.1. The van der Waals surface area contributed by atoms with Gasteiger partial charge in [-0.05, 0) is 6.92 Å². The number of nitrogens with two attached hydrogens (primary N) is 2. The topological polar surface area (TPSA) is 110 Å². The van der Waals surface area contributed by atoms with Gasteiger partial charge >= 0.3 is 0 Å². The van der Waals surface area contributed by atoms with Crippen molar-refractivity contribution >= 4 is 28.5 Å². The predicted molar refractivity (Wildman–Crippen MR) is 62.2 cm³/mol. The number of carbonyl (C=O) groups is 1. The Hall–Kier alpha value is -0.410. The summed E-state index contributed by atoms with van der Waals surface area (Å²) >= 11 is 0. The lowest BCUT2D eigenvalue weighted by atomic mass is 10.2. The predicted octanol–water partition coefficient (Wildman–Crippen LogP) is -1.90. The lowest BCUT2D eigenvalue weighted by Crippen LogP contribution is -2.54. The van der Waals surface area contributed by atoms with Crippen molar-refractivity contribution in [3.05, 3.63) is 0 Å². The second kappa shape index (κ2) is 5.78. The van der Waals surface area contributed by atoms with Gasteiger partial charge in [0.15, 0.2) is 0 Å². The molecule has 0 aromatic heterocycles. The zero-order chi connectivity index (χ0) is 11.6. The molecule has 96 valence electrons. The maximum absolute atomic E-state index is 11.5. The molecular formula is C7H17ClN4O3S. The van der Waals surface area contributed by atoms with Crippen molar-refractivity contribution in [2.45, 2.75) is 13.0 Å². The van der Waals surface area contributed by atoms with Gasteiger partial charge in [0.1, 0.15) is 0 Å². The highest BCUT2D eigenvalue weighted by Crippen LogP contribution is 2.05. The quantitative estimate of drug-likeness (QED) is 0.612. The van der Waals surface area contributed by atoms with E-state index in [1.807, 2.05) is 0 Å². The number of hydrogen-bond acceptors (Lipinski definition) is 4. The van der Waals surface area contributed by atoms with Crippen LogP contribution in [0.2, 0.25) is 0 Å². The third kappa shape index (κ3) is 3.87. The van der Waals surface area contributed by atoms with Gasteiger partial charge in [-0.15, -0.1) is 12.4 Å². The van der Waals surface area contributed by atoms with E-state index in [4.69, 9.17) is 10.9 Å². The van der Waals surface area contributed by atoms with Crippen molar-refractivity contribution in [3.8, 4) is 0 Å². The summed E-state index contributed by atoms with van der Waals surface area (Å²) in [6, 6.07) is -0.550. The van der Waals surface area contributed by atoms with Crippen molar-refractivity contribution in [2.24, 2.45) is 10.9 Å². The summed E-state index contributed by atoms with van der Waals surface area (Å²) in [4.78, 5) is 13.0. The maximum Gasteiger partial charge on any atom is 0.277 e. The van der Waals surface area contributed by atoms with Crippen molar-refractivity contribution in [1.82, 2.24) is 9.21 Å². The highest BCUT2D eigenvalue weighted by Gasteiger charge is 2.27. The zero-order valence-corrected chi connectivity index (χ0v) is 10.6. The van der Waals surface area contributed by atoms with Gasteiger partial charge in [-0.2, -0.15) is 12.7 Å². The third-order valence-corrected chi connectivity index (χ3v) is 3.38. The molecule has 1 aliphatic heterocycles. The Balaban J connectivity index is 0.00000225. The first-order valence-corrected chi connectivity index (χ1v) is 6.15. The molecule has 1 amide bonds. The first-order chi connectivity index (χ1) is 6.82. The minimum Gasteiger partial charge on any atom is -0.339 e. The van der Waals surface area contributed by atoms with E-state index in [0.29, 0.717) is 13.1 Å².